The van der Waals surface area contributed by atoms with Crippen LogP contribution in [0.4, 0.5) is 0 Å². The van der Waals surface area contributed by atoms with Crippen molar-refractivity contribution in [1.29, 1.82) is 0 Å². The number of hydrogen-bond acceptors (Lipinski definition) is 4. The molecular formula is C16H10O6. The second-order valence-electron chi connectivity index (χ2n) is 4.79. The van der Waals surface area contributed by atoms with E-state index in [-0.39, 0.29) is 23.3 Å². The zero-order valence-corrected chi connectivity index (χ0v) is 11.2. The maximum atomic E-state index is 11.6. The Balaban J connectivity index is 2.23. The highest BCUT2D eigenvalue weighted by Crippen LogP contribution is 2.30. The molecule has 6 nitrogen and oxygen atoms in total. The summed E-state index contributed by atoms with van der Waals surface area (Å²) in [7, 11) is 0. The highest BCUT2D eigenvalue weighted by atomic mass is 16.5. The molecule has 6 heteroatoms. The monoisotopic (exact) mass is 298 g/mol. The van der Waals surface area contributed by atoms with Gasteiger partial charge in [-0.15, -0.1) is 0 Å². The SMILES string of the molecule is O=C1OCc2ccc(-c3cccc(C(=O)O)c3C(=O)O)cc21. The molecule has 1 aliphatic heterocycles. The minimum atomic E-state index is -1.34. The van der Waals surface area contributed by atoms with Gasteiger partial charge in [0.2, 0.25) is 0 Å². The van der Waals surface area contributed by atoms with Crippen molar-refractivity contribution in [3.05, 3.63) is 58.7 Å². The van der Waals surface area contributed by atoms with Gasteiger partial charge >= 0.3 is 17.9 Å². The van der Waals surface area contributed by atoms with Gasteiger partial charge < -0.3 is 14.9 Å². The molecule has 2 aromatic carbocycles. The molecule has 0 amide bonds. The Morgan fingerprint density at radius 1 is 1.00 bits per heavy atom. The van der Waals surface area contributed by atoms with E-state index in [1.165, 1.54) is 24.3 Å². The zero-order chi connectivity index (χ0) is 15.9. The van der Waals surface area contributed by atoms with Crippen LogP contribution >= 0.6 is 0 Å². The zero-order valence-electron chi connectivity index (χ0n) is 11.2. The van der Waals surface area contributed by atoms with Crippen molar-refractivity contribution in [1.82, 2.24) is 0 Å². The Labute approximate surface area is 124 Å². The molecule has 1 aliphatic rings. The van der Waals surface area contributed by atoms with Gasteiger partial charge in [-0.25, -0.2) is 14.4 Å². The van der Waals surface area contributed by atoms with E-state index in [1.54, 1.807) is 12.1 Å². The molecule has 0 radical (unpaired) electrons. The van der Waals surface area contributed by atoms with Gasteiger partial charge in [0.15, 0.2) is 0 Å². The molecule has 0 saturated heterocycles. The summed E-state index contributed by atoms with van der Waals surface area (Å²) in [5, 5.41) is 18.5. The minimum absolute atomic E-state index is 0.190. The smallest absolute Gasteiger partial charge is 0.338 e. The summed E-state index contributed by atoms with van der Waals surface area (Å²) in [4.78, 5) is 34.3. The van der Waals surface area contributed by atoms with E-state index in [1.807, 2.05) is 0 Å². The fourth-order valence-corrected chi connectivity index (χ4v) is 2.48. The molecule has 0 unspecified atom stereocenters. The van der Waals surface area contributed by atoms with Gasteiger partial charge in [-0.05, 0) is 23.3 Å². The predicted octanol–water partition coefficient (Wildman–Crippen LogP) is 2.42. The number of carbonyl (C=O) groups excluding carboxylic acids is 1. The van der Waals surface area contributed by atoms with Gasteiger partial charge in [0, 0.05) is 5.56 Å². The molecule has 1 heterocycles. The minimum Gasteiger partial charge on any atom is -0.478 e. The number of aromatic carboxylic acids is 2. The van der Waals surface area contributed by atoms with Crippen molar-refractivity contribution in [3.63, 3.8) is 0 Å². The Morgan fingerprint density at radius 2 is 1.77 bits per heavy atom. The molecule has 2 aromatic rings. The first kappa shape index (κ1) is 13.8. The van der Waals surface area contributed by atoms with Gasteiger partial charge in [-0.1, -0.05) is 24.3 Å². The molecule has 2 N–H and O–H groups in total. The lowest BCUT2D eigenvalue weighted by molar-refractivity contribution is 0.0534. The van der Waals surface area contributed by atoms with Gasteiger partial charge in [0.25, 0.3) is 0 Å². The Bertz CT molecular complexity index is 821. The number of esters is 1. The Morgan fingerprint density at radius 3 is 2.45 bits per heavy atom. The topological polar surface area (TPSA) is 101 Å². The predicted molar refractivity (Wildman–Crippen MR) is 74.9 cm³/mol. The molecule has 0 saturated carbocycles. The molecule has 110 valence electrons. The fraction of sp³-hybridized carbons (Fsp3) is 0.0625. The van der Waals surface area contributed by atoms with Gasteiger partial charge in [0.05, 0.1) is 16.7 Å². The molecule has 3 rings (SSSR count). The molecule has 0 aliphatic carbocycles. The maximum absolute atomic E-state index is 11.6. The maximum Gasteiger partial charge on any atom is 0.338 e. The van der Waals surface area contributed by atoms with Crippen LogP contribution in [0.1, 0.15) is 36.6 Å². The second kappa shape index (κ2) is 5.00. The third-order valence-electron chi connectivity index (χ3n) is 3.51. The van der Waals surface area contributed by atoms with Crippen molar-refractivity contribution in [2.24, 2.45) is 0 Å². The number of carboxylic acid groups (broad SMARTS) is 2. The summed E-state index contributed by atoms with van der Waals surface area (Å²) in [5.41, 5.74) is 1.19. The van der Waals surface area contributed by atoms with Crippen LogP contribution in [0.15, 0.2) is 36.4 Å². The molecule has 22 heavy (non-hydrogen) atoms. The summed E-state index contributed by atoms with van der Waals surface area (Å²) >= 11 is 0. The van der Waals surface area contributed by atoms with E-state index < -0.39 is 17.9 Å². The summed E-state index contributed by atoms with van der Waals surface area (Å²) in [5.74, 6) is -3.13. The van der Waals surface area contributed by atoms with Crippen molar-refractivity contribution >= 4 is 17.9 Å². The standard InChI is InChI=1S/C16H10O6/c17-14(18)11-3-1-2-10(13(11)15(19)20)8-4-5-9-7-22-16(21)12(9)6-8/h1-6H,7H2,(H,17,18)(H,19,20). The number of cyclic esters (lactones) is 1. The Kier molecular flexibility index (Phi) is 3.14. The average molecular weight is 298 g/mol. The number of hydrogen-bond donors (Lipinski definition) is 2. The molecular weight excluding hydrogens is 288 g/mol. The Hall–Kier alpha value is -3.15. The first-order valence-corrected chi connectivity index (χ1v) is 6.39. The van der Waals surface area contributed by atoms with Crippen molar-refractivity contribution in [2.75, 3.05) is 0 Å². The van der Waals surface area contributed by atoms with Crippen LogP contribution in [-0.4, -0.2) is 28.1 Å². The number of ether oxygens (including phenoxy) is 1. The molecule has 0 bridgehead atoms. The van der Waals surface area contributed by atoms with Crippen molar-refractivity contribution in [3.8, 4) is 11.1 Å². The van der Waals surface area contributed by atoms with Crippen LogP contribution in [0.3, 0.4) is 0 Å². The van der Waals surface area contributed by atoms with Crippen LogP contribution in [0, 0.1) is 0 Å². The van der Waals surface area contributed by atoms with Crippen LogP contribution in [-0.2, 0) is 11.3 Å². The summed E-state index contributed by atoms with van der Waals surface area (Å²) in [6.07, 6.45) is 0. The third-order valence-corrected chi connectivity index (χ3v) is 3.51. The van der Waals surface area contributed by atoms with Crippen molar-refractivity contribution in [2.45, 2.75) is 6.61 Å². The van der Waals surface area contributed by atoms with Gasteiger partial charge in [-0.2, -0.15) is 0 Å². The number of carboxylic acids is 2. The molecule has 0 aromatic heterocycles. The molecule has 0 atom stereocenters. The third kappa shape index (κ3) is 2.10. The van der Waals surface area contributed by atoms with E-state index in [0.29, 0.717) is 11.1 Å². The lowest BCUT2D eigenvalue weighted by Crippen LogP contribution is -2.09. The van der Waals surface area contributed by atoms with Crippen LogP contribution in [0.25, 0.3) is 11.1 Å². The first-order chi connectivity index (χ1) is 10.5. The summed E-state index contributed by atoms with van der Waals surface area (Å²) < 4.78 is 4.90. The molecule has 0 spiro atoms. The number of rotatable bonds is 3. The lowest BCUT2D eigenvalue weighted by Gasteiger charge is -2.10. The van der Waals surface area contributed by atoms with E-state index in [4.69, 9.17) is 9.84 Å². The number of fused-ring (bicyclic) bond motifs is 1. The van der Waals surface area contributed by atoms with E-state index in [9.17, 15) is 19.5 Å². The number of benzene rings is 2. The lowest BCUT2D eigenvalue weighted by atomic mass is 9.93. The fourth-order valence-electron chi connectivity index (χ4n) is 2.48. The average Bonchev–Trinajstić information content (AvgIpc) is 2.87. The largest absolute Gasteiger partial charge is 0.478 e. The second-order valence-corrected chi connectivity index (χ2v) is 4.79. The quantitative estimate of drug-likeness (QED) is 0.844. The highest BCUT2D eigenvalue weighted by Gasteiger charge is 2.24. The summed E-state index contributed by atoms with van der Waals surface area (Å²) in [6, 6.07) is 9.06. The number of carbonyl (C=O) groups is 3. The summed E-state index contributed by atoms with van der Waals surface area (Å²) in [6.45, 7) is 0.190. The highest BCUT2D eigenvalue weighted by molar-refractivity contribution is 6.07. The van der Waals surface area contributed by atoms with Crippen LogP contribution in [0.5, 0.6) is 0 Å². The van der Waals surface area contributed by atoms with Crippen LogP contribution < -0.4 is 0 Å². The van der Waals surface area contributed by atoms with Crippen LogP contribution in [0.2, 0.25) is 0 Å². The first-order valence-electron chi connectivity index (χ1n) is 6.39. The van der Waals surface area contributed by atoms with E-state index in [2.05, 4.69) is 0 Å². The normalized spacial score (nSPS) is 12.6. The van der Waals surface area contributed by atoms with Gasteiger partial charge in [0.1, 0.15) is 6.61 Å². The molecule has 0 fully saturated rings. The van der Waals surface area contributed by atoms with Gasteiger partial charge in [-0.3, -0.25) is 0 Å². The van der Waals surface area contributed by atoms with E-state index in [0.717, 1.165) is 5.56 Å². The van der Waals surface area contributed by atoms with Crippen molar-refractivity contribution < 1.29 is 29.3 Å². The van der Waals surface area contributed by atoms with E-state index >= 15 is 0 Å².